The van der Waals surface area contributed by atoms with Gasteiger partial charge in [0.1, 0.15) is 0 Å². The fraction of sp³-hybridized carbons (Fsp3) is 0.529. The van der Waals surface area contributed by atoms with Crippen LogP contribution in [0.15, 0.2) is 18.2 Å². The molecular weight excluding hydrogens is 316 g/mol. The van der Waals surface area contributed by atoms with Crippen molar-refractivity contribution in [3.63, 3.8) is 0 Å². The molecule has 0 atom stereocenters. The van der Waals surface area contributed by atoms with E-state index in [2.05, 4.69) is 10.6 Å². The zero-order valence-electron chi connectivity index (χ0n) is 13.3. The molecule has 2 amide bonds. The van der Waals surface area contributed by atoms with E-state index in [0.717, 1.165) is 19.3 Å². The minimum atomic E-state index is -0.914. The number of hydrogen-bond donors (Lipinski definition) is 3. The SMILES string of the molecule is CCC(=O)Nc1ccc(Cl)c(NC(=O)CC2(O)CCCCC2)c1. The first kappa shape index (κ1) is 17.8. The van der Waals surface area contributed by atoms with Crippen molar-refractivity contribution in [2.45, 2.75) is 57.5 Å². The van der Waals surface area contributed by atoms with E-state index in [-0.39, 0.29) is 18.2 Å². The van der Waals surface area contributed by atoms with E-state index in [1.165, 1.54) is 0 Å². The van der Waals surface area contributed by atoms with E-state index in [9.17, 15) is 14.7 Å². The van der Waals surface area contributed by atoms with Crippen molar-refractivity contribution in [3.8, 4) is 0 Å². The van der Waals surface area contributed by atoms with Gasteiger partial charge in [0.15, 0.2) is 0 Å². The summed E-state index contributed by atoms with van der Waals surface area (Å²) in [5.41, 5.74) is 0.0981. The zero-order valence-corrected chi connectivity index (χ0v) is 14.1. The van der Waals surface area contributed by atoms with Crippen LogP contribution < -0.4 is 10.6 Å². The molecule has 0 aliphatic heterocycles. The van der Waals surface area contributed by atoms with Crippen molar-refractivity contribution in [2.24, 2.45) is 0 Å². The molecule has 1 aliphatic rings. The van der Waals surface area contributed by atoms with Crippen LogP contribution in [0.2, 0.25) is 5.02 Å². The zero-order chi connectivity index (χ0) is 16.9. The van der Waals surface area contributed by atoms with Gasteiger partial charge in [-0.05, 0) is 31.0 Å². The van der Waals surface area contributed by atoms with Gasteiger partial charge in [-0.2, -0.15) is 0 Å². The Kier molecular flexibility index (Phi) is 6.02. The molecule has 0 spiro atoms. The number of amides is 2. The third-order valence-electron chi connectivity index (χ3n) is 4.12. The lowest BCUT2D eigenvalue weighted by Gasteiger charge is -2.31. The molecule has 23 heavy (non-hydrogen) atoms. The quantitative estimate of drug-likeness (QED) is 0.765. The minimum absolute atomic E-state index is 0.0644. The van der Waals surface area contributed by atoms with E-state index in [4.69, 9.17) is 11.6 Å². The topological polar surface area (TPSA) is 78.4 Å². The van der Waals surface area contributed by atoms with Gasteiger partial charge in [0.25, 0.3) is 0 Å². The minimum Gasteiger partial charge on any atom is -0.389 e. The van der Waals surface area contributed by atoms with Gasteiger partial charge in [-0.15, -0.1) is 0 Å². The van der Waals surface area contributed by atoms with Crippen LogP contribution in [0.25, 0.3) is 0 Å². The van der Waals surface area contributed by atoms with Crippen LogP contribution in [0.1, 0.15) is 51.9 Å². The summed E-state index contributed by atoms with van der Waals surface area (Å²) in [6.45, 7) is 1.76. The van der Waals surface area contributed by atoms with E-state index < -0.39 is 5.60 Å². The molecule has 1 aromatic rings. The van der Waals surface area contributed by atoms with Gasteiger partial charge in [0.2, 0.25) is 11.8 Å². The number of hydrogen-bond acceptors (Lipinski definition) is 3. The summed E-state index contributed by atoms with van der Waals surface area (Å²) in [5.74, 6) is -0.378. The van der Waals surface area contributed by atoms with Crippen LogP contribution in [0.4, 0.5) is 11.4 Å². The molecule has 0 bridgehead atoms. The molecule has 3 N–H and O–H groups in total. The highest BCUT2D eigenvalue weighted by Gasteiger charge is 2.31. The third kappa shape index (κ3) is 5.22. The predicted molar refractivity (Wildman–Crippen MR) is 91.7 cm³/mol. The van der Waals surface area contributed by atoms with Crippen LogP contribution in [-0.2, 0) is 9.59 Å². The maximum atomic E-state index is 12.2. The van der Waals surface area contributed by atoms with Crippen LogP contribution in [0, 0.1) is 0 Å². The number of rotatable bonds is 5. The second kappa shape index (κ2) is 7.79. The Hall–Kier alpha value is -1.59. The lowest BCUT2D eigenvalue weighted by molar-refractivity contribution is -0.122. The van der Waals surface area contributed by atoms with Crippen LogP contribution in [-0.4, -0.2) is 22.5 Å². The summed E-state index contributed by atoms with van der Waals surface area (Å²) in [7, 11) is 0. The molecule has 1 saturated carbocycles. The first-order chi connectivity index (χ1) is 10.9. The summed E-state index contributed by atoms with van der Waals surface area (Å²) in [6, 6.07) is 4.93. The van der Waals surface area contributed by atoms with Crippen molar-refractivity contribution in [3.05, 3.63) is 23.2 Å². The number of carbonyl (C=O) groups is 2. The lowest BCUT2D eigenvalue weighted by atomic mass is 9.82. The second-order valence-corrected chi connectivity index (χ2v) is 6.51. The van der Waals surface area contributed by atoms with E-state index >= 15 is 0 Å². The van der Waals surface area contributed by atoms with Gasteiger partial charge in [0.05, 0.1) is 22.7 Å². The number of carbonyl (C=O) groups excluding carboxylic acids is 2. The van der Waals surface area contributed by atoms with Crippen molar-refractivity contribution >= 4 is 34.8 Å². The Morgan fingerprint density at radius 3 is 2.52 bits per heavy atom. The summed E-state index contributed by atoms with van der Waals surface area (Å²) in [6.07, 6.45) is 4.74. The predicted octanol–water partition coefficient (Wildman–Crippen LogP) is 3.71. The Bertz CT molecular complexity index is 583. The normalized spacial score (nSPS) is 16.7. The lowest BCUT2D eigenvalue weighted by Crippen LogP contribution is -2.35. The van der Waals surface area contributed by atoms with Gasteiger partial charge in [-0.3, -0.25) is 9.59 Å². The smallest absolute Gasteiger partial charge is 0.227 e. The maximum absolute atomic E-state index is 12.2. The molecule has 0 aromatic heterocycles. The Balaban J connectivity index is 2.02. The largest absolute Gasteiger partial charge is 0.389 e. The van der Waals surface area contributed by atoms with E-state index in [0.29, 0.717) is 35.7 Å². The summed E-state index contributed by atoms with van der Waals surface area (Å²) >= 11 is 6.10. The van der Waals surface area contributed by atoms with Gasteiger partial charge < -0.3 is 15.7 Å². The summed E-state index contributed by atoms with van der Waals surface area (Å²) in [5, 5.41) is 16.3. The number of nitrogens with one attached hydrogen (secondary N) is 2. The standard InChI is InChI=1S/C17H23ClN2O3/c1-2-15(21)19-12-6-7-13(18)14(10-12)20-16(22)11-17(23)8-4-3-5-9-17/h6-7,10,23H,2-5,8-9,11H2,1H3,(H,19,21)(H,20,22). The van der Waals surface area contributed by atoms with Gasteiger partial charge in [0, 0.05) is 12.1 Å². The molecular formula is C17H23ClN2O3. The third-order valence-corrected chi connectivity index (χ3v) is 4.45. The number of anilines is 2. The Labute approximate surface area is 141 Å². The molecule has 0 radical (unpaired) electrons. The van der Waals surface area contributed by atoms with E-state index in [1.807, 2.05) is 0 Å². The highest BCUT2D eigenvalue weighted by Crippen LogP contribution is 2.32. The number of halogens is 1. The molecule has 2 rings (SSSR count). The van der Waals surface area contributed by atoms with Crippen LogP contribution in [0.3, 0.4) is 0 Å². The molecule has 0 saturated heterocycles. The molecule has 5 nitrogen and oxygen atoms in total. The highest BCUT2D eigenvalue weighted by atomic mass is 35.5. The van der Waals surface area contributed by atoms with Gasteiger partial charge >= 0.3 is 0 Å². The van der Waals surface area contributed by atoms with Crippen molar-refractivity contribution in [2.75, 3.05) is 10.6 Å². The van der Waals surface area contributed by atoms with E-state index in [1.54, 1.807) is 25.1 Å². The number of benzene rings is 1. The van der Waals surface area contributed by atoms with Crippen molar-refractivity contribution in [1.29, 1.82) is 0 Å². The number of aliphatic hydroxyl groups is 1. The molecule has 0 heterocycles. The average Bonchev–Trinajstić information content (AvgIpc) is 2.50. The Morgan fingerprint density at radius 1 is 1.17 bits per heavy atom. The molecule has 126 valence electrons. The summed E-state index contributed by atoms with van der Waals surface area (Å²) < 4.78 is 0. The van der Waals surface area contributed by atoms with Gasteiger partial charge in [-0.25, -0.2) is 0 Å². The monoisotopic (exact) mass is 338 g/mol. The first-order valence-corrected chi connectivity index (χ1v) is 8.41. The van der Waals surface area contributed by atoms with Crippen molar-refractivity contribution in [1.82, 2.24) is 0 Å². The van der Waals surface area contributed by atoms with Gasteiger partial charge in [-0.1, -0.05) is 37.8 Å². The fourth-order valence-corrected chi connectivity index (χ4v) is 2.99. The molecule has 6 heteroatoms. The fourth-order valence-electron chi connectivity index (χ4n) is 2.83. The van der Waals surface area contributed by atoms with Crippen molar-refractivity contribution < 1.29 is 14.7 Å². The molecule has 1 aromatic carbocycles. The molecule has 1 aliphatic carbocycles. The highest BCUT2D eigenvalue weighted by molar-refractivity contribution is 6.33. The summed E-state index contributed by atoms with van der Waals surface area (Å²) in [4.78, 5) is 23.7. The molecule has 0 unspecified atom stereocenters. The second-order valence-electron chi connectivity index (χ2n) is 6.11. The van der Waals surface area contributed by atoms with Crippen LogP contribution in [0.5, 0.6) is 0 Å². The Morgan fingerprint density at radius 2 is 1.87 bits per heavy atom. The average molecular weight is 339 g/mol. The molecule has 1 fully saturated rings. The van der Waals surface area contributed by atoms with Crippen LogP contribution >= 0.6 is 11.6 Å². The first-order valence-electron chi connectivity index (χ1n) is 8.03. The maximum Gasteiger partial charge on any atom is 0.227 e.